The summed E-state index contributed by atoms with van der Waals surface area (Å²) in [7, 11) is 3.27. The Morgan fingerprint density at radius 1 is 0.600 bits per heavy atom. The Bertz CT molecular complexity index is 1990. The Balaban J connectivity index is 1.28. The molecule has 0 aliphatic rings. The maximum Gasteiger partial charge on any atom is 0.223 e. The highest BCUT2D eigenvalue weighted by molar-refractivity contribution is 5.44. The van der Waals surface area contributed by atoms with Gasteiger partial charge in [0.25, 0.3) is 0 Å². The van der Waals surface area contributed by atoms with Crippen LogP contribution in [0, 0.1) is 0 Å². The molecule has 254 valence electrons. The SMILES string of the molecule is COc1ccc(COc2ccc(Cn3cc(OC(c4ccccc4)c4ccccc4)c(=O)cc3CO)cc2OCc2ccc(OC)cc2)cc1. The van der Waals surface area contributed by atoms with Gasteiger partial charge >= 0.3 is 0 Å². The summed E-state index contributed by atoms with van der Waals surface area (Å²) >= 11 is 0. The normalized spacial score (nSPS) is 10.9. The molecule has 8 nitrogen and oxygen atoms in total. The fourth-order valence-corrected chi connectivity index (χ4v) is 5.52. The molecule has 0 radical (unpaired) electrons. The van der Waals surface area contributed by atoms with Crippen molar-refractivity contribution in [3.63, 3.8) is 0 Å². The van der Waals surface area contributed by atoms with Crippen molar-refractivity contribution in [2.24, 2.45) is 0 Å². The molecule has 1 heterocycles. The second-order valence-corrected chi connectivity index (χ2v) is 11.7. The number of nitrogens with zero attached hydrogens (tertiary/aromatic N) is 1. The lowest BCUT2D eigenvalue weighted by atomic mass is 10.0. The van der Waals surface area contributed by atoms with Gasteiger partial charge in [-0.2, -0.15) is 0 Å². The van der Waals surface area contributed by atoms with E-state index in [0.29, 0.717) is 37.0 Å². The predicted octanol–water partition coefficient (Wildman–Crippen LogP) is 7.73. The largest absolute Gasteiger partial charge is 0.497 e. The maximum atomic E-state index is 13.3. The van der Waals surface area contributed by atoms with Gasteiger partial charge in [0.2, 0.25) is 5.43 Å². The third-order valence-electron chi connectivity index (χ3n) is 8.26. The van der Waals surface area contributed by atoms with Crippen LogP contribution in [0.5, 0.6) is 28.7 Å². The van der Waals surface area contributed by atoms with Crippen LogP contribution in [-0.4, -0.2) is 23.9 Å². The van der Waals surface area contributed by atoms with Crippen LogP contribution in [0.25, 0.3) is 0 Å². The third-order valence-corrected chi connectivity index (χ3v) is 8.26. The molecule has 0 amide bonds. The van der Waals surface area contributed by atoms with Gasteiger partial charge < -0.3 is 33.4 Å². The van der Waals surface area contributed by atoms with Gasteiger partial charge in [-0.1, -0.05) is 91.0 Å². The summed E-state index contributed by atoms with van der Waals surface area (Å²) in [5, 5.41) is 10.2. The maximum absolute atomic E-state index is 13.3. The van der Waals surface area contributed by atoms with Crippen molar-refractivity contribution in [2.45, 2.75) is 32.5 Å². The molecular formula is C42H39NO7. The van der Waals surface area contributed by atoms with E-state index in [2.05, 4.69) is 0 Å². The standard InChI is InChI=1S/C42H39NO7/c1-46-36-18-13-30(14-19-36)28-48-39-22-17-32(23-40(39)49-29-31-15-20-37(47-2)21-16-31)25-43-26-41(38(45)24-35(43)27-44)50-42(33-9-5-3-6-10-33)34-11-7-4-8-12-34/h3-24,26,42,44H,25,27-29H2,1-2H3. The van der Waals surface area contributed by atoms with Crippen molar-refractivity contribution in [3.8, 4) is 28.7 Å². The van der Waals surface area contributed by atoms with Gasteiger partial charge in [-0.05, 0) is 64.2 Å². The lowest BCUT2D eigenvalue weighted by Crippen LogP contribution is -2.19. The van der Waals surface area contributed by atoms with Crippen molar-refractivity contribution in [3.05, 3.63) is 183 Å². The number of methoxy groups -OCH3 is 2. The van der Waals surface area contributed by atoms with E-state index in [-0.39, 0.29) is 17.8 Å². The minimum atomic E-state index is -0.501. The third kappa shape index (κ3) is 8.53. The second kappa shape index (κ2) is 16.4. The number of aliphatic hydroxyl groups excluding tert-OH is 1. The number of aliphatic hydroxyl groups is 1. The number of hydrogen-bond donors (Lipinski definition) is 1. The lowest BCUT2D eigenvalue weighted by Gasteiger charge is -2.21. The highest BCUT2D eigenvalue weighted by Gasteiger charge is 2.19. The molecule has 0 unspecified atom stereocenters. The van der Waals surface area contributed by atoms with Gasteiger partial charge in [-0.3, -0.25) is 4.79 Å². The van der Waals surface area contributed by atoms with E-state index >= 15 is 0 Å². The Hall–Kier alpha value is -5.99. The second-order valence-electron chi connectivity index (χ2n) is 11.7. The van der Waals surface area contributed by atoms with E-state index < -0.39 is 6.10 Å². The molecule has 6 aromatic rings. The molecule has 50 heavy (non-hydrogen) atoms. The molecule has 0 saturated heterocycles. The van der Waals surface area contributed by atoms with Crippen molar-refractivity contribution in [1.29, 1.82) is 0 Å². The van der Waals surface area contributed by atoms with Crippen molar-refractivity contribution >= 4 is 0 Å². The molecule has 1 N–H and O–H groups in total. The molecule has 5 aromatic carbocycles. The van der Waals surface area contributed by atoms with Crippen LogP contribution in [0.3, 0.4) is 0 Å². The first kappa shape index (κ1) is 33.9. The fourth-order valence-electron chi connectivity index (χ4n) is 5.52. The van der Waals surface area contributed by atoms with E-state index in [1.54, 1.807) is 20.4 Å². The molecule has 0 aliphatic carbocycles. The molecule has 1 aromatic heterocycles. The van der Waals surface area contributed by atoms with Crippen LogP contribution in [0.15, 0.2) is 144 Å². The summed E-state index contributed by atoms with van der Waals surface area (Å²) in [5.74, 6) is 2.86. The molecular weight excluding hydrogens is 630 g/mol. The van der Waals surface area contributed by atoms with Crippen LogP contribution in [0.2, 0.25) is 0 Å². The van der Waals surface area contributed by atoms with E-state index in [0.717, 1.165) is 39.3 Å². The molecule has 0 spiro atoms. The van der Waals surface area contributed by atoms with Crippen LogP contribution >= 0.6 is 0 Å². The summed E-state index contributed by atoms with van der Waals surface area (Å²) in [6.07, 6.45) is 1.16. The first-order valence-electron chi connectivity index (χ1n) is 16.3. The fraction of sp³-hybridized carbons (Fsp3) is 0.167. The number of hydrogen-bond acceptors (Lipinski definition) is 7. The van der Waals surface area contributed by atoms with Gasteiger partial charge in [-0.15, -0.1) is 0 Å². The minimum absolute atomic E-state index is 0.176. The molecule has 8 heteroatoms. The Kier molecular flexibility index (Phi) is 11.1. The Morgan fingerprint density at radius 3 is 1.64 bits per heavy atom. The first-order chi connectivity index (χ1) is 24.5. The summed E-state index contributed by atoms with van der Waals surface area (Å²) < 4.78 is 31.4. The molecule has 0 saturated carbocycles. The summed E-state index contributed by atoms with van der Waals surface area (Å²) in [6.45, 7) is 0.664. The van der Waals surface area contributed by atoms with Crippen LogP contribution in [0.1, 0.15) is 39.6 Å². The number of benzene rings is 5. The highest BCUT2D eigenvalue weighted by atomic mass is 16.5. The number of rotatable bonds is 15. The molecule has 6 rings (SSSR count). The zero-order valence-corrected chi connectivity index (χ0v) is 28.0. The van der Waals surface area contributed by atoms with Gasteiger partial charge in [0, 0.05) is 18.3 Å². The molecule has 0 bridgehead atoms. The number of pyridine rings is 1. The van der Waals surface area contributed by atoms with Gasteiger partial charge in [0.1, 0.15) is 30.8 Å². The number of ether oxygens (including phenoxy) is 5. The average molecular weight is 670 g/mol. The number of aromatic nitrogens is 1. The van der Waals surface area contributed by atoms with Gasteiger partial charge in [0.15, 0.2) is 17.2 Å². The minimum Gasteiger partial charge on any atom is -0.497 e. The van der Waals surface area contributed by atoms with Crippen molar-refractivity contribution in [1.82, 2.24) is 4.57 Å². The van der Waals surface area contributed by atoms with E-state index in [4.69, 9.17) is 23.7 Å². The van der Waals surface area contributed by atoms with E-state index in [1.807, 2.05) is 132 Å². The Labute approximate surface area is 291 Å². The van der Waals surface area contributed by atoms with E-state index in [9.17, 15) is 9.90 Å². The van der Waals surface area contributed by atoms with Gasteiger partial charge in [-0.25, -0.2) is 0 Å². The molecule has 0 aliphatic heterocycles. The molecule has 0 fully saturated rings. The highest BCUT2D eigenvalue weighted by Crippen LogP contribution is 2.32. The summed E-state index contributed by atoms with van der Waals surface area (Å²) in [5.41, 5.74) is 4.80. The molecule has 0 atom stereocenters. The van der Waals surface area contributed by atoms with Crippen molar-refractivity contribution in [2.75, 3.05) is 14.2 Å². The Morgan fingerprint density at radius 2 is 1.12 bits per heavy atom. The van der Waals surface area contributed by atoms with Gasteiger partial charge in [0.05, 0.1) is 27.0 Å². The predicted molar refractivity (Wildman–Crippen MR) is 192 cm³/mol. The quantitative estimate of drug-likeness (QED) is 0.120. The zero-order valence-electron chi connectivity index (χ0n) is 28.0. The zero-order chi connectivity index (χ0) is 34.7. The topological polar surface area (TPSA) is 88.4 Å². The lowest BCUT2D eigenvalue weighted by molar-refractivity contribution is 0.239. The van der Waals surface area contributed by atoms with Crippen LogP contribution in [-0.2, 0) is 26.4 Å². The first-order valence-corrected chi connectivity index (χ1v) is 16.3. The van der Waals surface area contributed by atoms with Crippen molar-refractivity contribution < 1.29 is 28.8 Å². The average Bonchev–Trinajstić information content (AvgIpc) is 3.17. The van der Waals surface area contributed by atoms with Crippen LogP contribution in [0.4, 0.5) is 0 Å². The smallest absolute Gasteiger partial charge is 0.223 e. The summed E-state index contributed by atoms with van der Waals surface area (Å²) in [4.78, 5) is 13.3. The monoisotopic (exact) mass is 669 g/mol. The van der Waals surface area contributed by atoms with Crippen LogP contribution < -0.4 is 29.1 Å². The van der Waals surface area contributed by atoms with E-state index in [1.165, 1.54) is 6.07 Å². The summed E-state index contributed by atoms with van der Waals surface area (Å²) in [6, 6.07) is 42.1.